The molecule has 0 aliphatic carbocycles. The topological polar surface area (TPSA) is 12.0 Å². The number of aryl methyl sites for hydroxylation is 1. The molecule has 0 saturated carbocycles. The smallest absolute Gasteiger partial charge is 0.123 e. The second-order valence-corrected chi connectivity index (χ2v) is 6.44. The third-order valence-corrected chi connectivity index (χ3v) is 3.13. The van der Waals surface area contributed by atoms with E-state index in [4.69, 9.17) is 0 Å². The number of rotatable bonds is 6. The molecule has 0 spiro atoms. The quantitative estimate of drug-likeness (QED) is 0.807. The second kappa shape index (κ2) is 6.33. The first-order valence-electron chi connectivity index (χ1n) is 6.76. The van der Waals surface area contributed by atoms with Crippen molar-refractivity contribution in [3.05, 3.63) is 35.1 Å². The zero-order chi connectivity index (χ0) is 13.8. The van der Waals surface area contributed by atoms with Crippen LogP contribution in [-0.4, -0.2) is 13.1 Å². The van der Waals surface area contributed by atoms with Gasteiger partial charge in [0.15, 0.2) is 0 Å². The van der Waals surface area contributed by atoms with Gasteiger partial charge in [-0.2, -0.15) is 0 Å². The molecule has 0 atom stereocenters. The van der Waals surface area contributed by atoms with Gasteiger partial charge in [0.05, 0.1) is 0 Å². The summed E-state index contributed by atoms with van der Waals surface area (Å²) >= 11 is 0. The SMILES string of the molecule is Cc1cc(F)ccc1CC(C)(C)CNCC(C)C. The molecule has 0 aromatic heterocycles. The van der Waals surface area contributed by atoms with Crippen LogP contribution in [0, 0.1) is 24.1 Å². The van der Waals surface area contributed by atoms with Crippen molar-refractivity contribution in [3.8, 4) is 0 Å². The average molecular weight is 251 g/mol. The van der Waals surface area contributed by atoms with Crippen LogP contribution in [0.1, 0.15) is 38.8 Å². The van der Waals surface area contributed by atoms with Crippen molar-refractivity contribution in [2.24, 2.45) is 11.3 Å². The first-order valence-corrected chi connectivity index (χ1v) is 6.76. The van der Waals surface area contributed by atoms with E-state index in [0.29, 0.717) is 5.92 Å². The second-order valence-electron chi connectivity index (χ2n) is 6.44. The van der Waals surface area contributed by atoms with Gasteiger partial charge in [0.25, 0.3) is 0 Å². The van der Waals surface area contributed by atoms with E-state index in [2.05, 4.69) is 33.0 Å². The minimum Gasteiger partial charge on any atom is -0.316 e. The van der Waals surface area contributed by atoms with Crippen LogP contribution >= 0.6 is 0 Å². The summed E-state index contributed by atoms with van der Waals surface area (Å²) in [6.07, 6.45) is 0.976. The van der Waals surface area contributed by atoms with Gasteiger partial charge in [-0.3, -0.25) is 0 Å². The molecule has 0 fully saturated rings. The Labute approximate surface area is 111 Å². The first kappa shape index (κ1) is 15.2. The van der Waals surface area contributed by atoms with Crippen LogP contribution in [0.4, 0.5) is 4.39 Å². The molecule has 0 aliphatic heterocycles. The molecule has 0 bridgehead atoms. The van der Waals surface area contributed by atoms with Crippen molar-refractivity contribution >= 4 is 0 Å². The van der Waals surface area contributed by atoms with Crippen LogP contribution in [0.25, 0.3) is 0 Å². The highest BCUT2D eigenvalue weighted by atomic mass is 19.1. The molecule has 0 aliphatic rings. The van der Waals surface area contributed by atoms with Gasteiger partial charge in [0.1, 0.15) is 5.82 Å². The lowest BCUT2D eigenvalue weighted by Gasteiger charge is -2.26. The number of halogens is 1. The van der Waals surface area contributed by atoms with Gasteiger partial charge < -0.3 is 5.32 Å². The normalized spacial score (nSPS) is 12.2. The molecule has 0 heterocycles. The van der Waals surface area contributed by atoms with Crippen LogP contribution in [-0.2, 0) is 6.42 Å². The van der Waals surface area contributed by atoms with Gasteiger partial charge in [-0.05, 0) is 54.5 Å². The van der Waals surface area contributed by atoms with E-state index < -0.39 is 0 Å². The Hall–Kier alpha value is -0.890. The fraction of sp³-hybridized carbons (Fsp3) is 0.625. The predicted molar refractivity (Wildman–Crippen MR) is 76.3 cm³/mol. The monoisotopic (exact) mass is 251 g/mol. The van der Waals surface area contributed by atoms with Gasteiger partial charge in [0.2, 0.25) is 0 Å². The van der Waals surface area contributed by atoms with E-state index in [1.54, 1.807) is 12.1 Å². The van der Waals surface area contributed by atoms with Gasteiger partial charge in [-0.1, -0.05) is 33.8 Å². The fourth-order valence-corrected chi connectivity index (χ4v) is 2.13. The maximum absolute atomic E-state index is 13.1. The zero-order valence-corrected chi connectivity index (χ0v) is 12.3. The number of hydrogen-bond donors (Lipinski definition) is 1. The summed E-state index contributed by atoms with van der Waals surface area (Å²) in [7, 11) is 0. The highest BCUT2D eigenvalue weighted by molar-refractivity contribution is 5.27. The van der Waals surface area contributed by atoms with Crippen molar-refractivity contribution in [3.63, 3.8) is 0 Å². The Balaban J connectivity index is 2.58. The van der Waals surface area contributed by atoms with Crippen molar-refractivity contribution < 1.29 is 4.39 Å². The molecule has 102 valence electrons. The summed E-state index contributed by atoms with van der Waals surface area (Å²) in [6, 6.07) is 5.09. The third kappa shape index (κ3) is 5.18. The maximum atomic E-state index is 13.1. The molecule has 0 unspecified atom stereocenters. The molecular weight excluding hydrogens is 225 g/mol. The summed E-state index contributed by atoms with van der Waals surface area (Å²) in [6.45, 7) is 12.9. The van der Waals surface area contributed by atoms with E-state index in [1.807, 2.05) is 13.0 Å². The van der Waals surface area contributed by atoms with Crippen LogP contribution < -0.4 is 5.32 Å². The van der Waals surface area contributed by atoms with E-state index in [1.165, 1.54) is 5.56 Å². The van der Waals surface area contributed by atoms with Gasteiger partial charge in [0, 0.05) is 6.54 Å². The van der Waals surface area contributed by atoms with Crippen LogP contribution in [0.3, 0.4) is 0 Å². The third-order valence-electron chi connectivity index (χ3n) is 3.13. The molecule has 0 amide bonds. The van der Waals surface area contributed by atoms with Crippen molar-refractivity contribution in [1.82, 2.24) is 5.32 Å². The van der Waals surface area contributed by atoms with Crippen molar-refractivity contribution in [1.29, 1.82) is 0 Å². The molecule has 2 heteroatoms. The minimum atomic E-state index is -0.146. The van der Waals surface area contributed by atoms with Crippen LogP contribution in [0.15, 0.2) is 18.2 Å². The minimum absolute atomic E-state index is 0.146. The van der Waals surface area contributed by atoms with Crippen LogP contribution in [0.5, 0.6) is 0 Å². The van der Waals surface area contributed by atoms with E-state index >= 15 is 0 Å². The standard InChI is InChI=1S/C16H26FN/c1-12(2)10-18-11-16(4,5)9-14-6-7-15(17)8-13(14)3/h6-8,12,18H,9-11H2,1-5H3. The molecule has 1 aromatic rings. The Bertz CT molecular complexity index is 383. The van der Waals surface area contributed by atoms with Gasteiger partial charge in [-0.25, -0.2) is 4.39 Å². The molecule has 1 rings (SSSR count). The van der Waals surface area contributed by atoms with Crippen molar-refractivity contribution in [2.45, 2.75) is 41.0 Å². The van der Waals surface area contributed by atoms with E-state index in [0.717, 1.165) is 25.1 Å². The molecule has 1 nitrogen and oxygen atoms in total. The number of hydrogen-bond acceptors (Lipinski definition) is 1. The number of nitrogens with one attached hydrogen (secondary N) is 1. The molecule has 0 saturated heterocycles. The van der Waals surface area contributed by atoms with Gasteiger partial charge in [-0.15, -0.1) is 0 Å². The molecule has 1 aromatic carbocycles. The Morgan fingerprint density at radius 2 is 1.94 bits per heavy atom. The summed E-state index contributed by atoms with van der Waals surface area (Å²) in [5.41, 5.74) is 2.48. The predicted octanol–water partition coefficient (Wildman–Crippen LogP) is 3.95. The lowest BCUT2D eigenvalue weighted by atomic mass is 9.84. The Morgan fingerprint density at radius 3 is 2.50 bits per heavy atom. The summed E-state index contributed by atoms with van der Waals surface area (Å²) in [5.74, 6) is 0.528. The number of benzene rings is 1. The van der Waals surface area contributed by atoms with Crippen LogP contribution in [0.2, 0.25) is 0 Å². The molecule has 0 radical (unpaired) electrons. The summed E-state index contributed by atoms with van der Waals surface area (Å²) < 4.78 is 13.1. The average Bonchev–Trinajstić information content (AvgIpc) is 2.21. The summed E-state index contributed by atoms with van der Waals surface area (Å²) in [4.78, 5) is 0. The van der Waals surface area contributed by atoms with E-state index in [-0.39, 0.29) is 11.2 Å². The molecule has 18 heavy (non-hydrogen) atoms. The lowest BCUT2D eigenvalue weighted by Crippen LogP contribution is -2.33. The van der Waals surface area contributed by atoms with Crippen molar-refractivity contribution in [2.75, 3.05) is 13.1 Å². The maximum Gasteiger partial charge on any atom is 0.123 e. The highest BCUT2D eigenvalue weighted by Crippen LogP contribution is 2.23. The molecular formula is C16H26FN. The zero-order valence-electron chi connectivity index (χ0n) is 12.3. The highest BCUT2D eigenvalue weighted by Gasteiger charge is 2.19. The molecule has 1 N–H and O–H groups in total. The van der Waals surface area contributed by atoms with E-state index in [9.17, 15) is 4.39 Å². The Morgan fingerprint density at radius 1 is 1.28 bits per heavy atom. The lowest BCUT2D eigenvalue weighted by molar-refractivity contribution is 0.329. The Kier molecular flexibility index (Phi) is 5.33. The summed E-state index contributed by atoms with van der Waals surface area (Å²) in [5, 5.41) is 3.50. The largest absolute Gasteiger partial charge is 0.316 e. The first-order chi connectivity index (χ1) is 8.30. The van der Waals surface area contributed by atoms with Gasteiger partial charge >= 0.3 is 0 Å². The fourth-order valence-electron chi connectivity index (χ4n) is 2.13.